The van der Waals surface area contributed by atoms with Gasteiger partial charge in [0.2, 0.25) is 0 Å². The molecule has 0 bridgehead atoms. The van der Waals surface area contributed by atoms with Gasteiger partial charge in [-0.3, -0.25) is 10.1 Å². The first-order valence-electron chi connectivity index (χ1n) is 5.42. The molecule has 2 heterocycles. The summed E-state index contributed by atoms with van der Waals surface area (Å²) in [6.07, 6.45) is 7.45. The molecule has 8 heteroatoms. The predicted octanol–water partition coefficient (Wildman–Crippen LogP) is 1.10. The highest BCUT2D eigenvalue weighted by Gasteiger charge is 2.14. The van der Waals surface area contributed by atoms with Gasteiger partial charge < -0.3 is 4.90 Å². The van der Waals surface area contributed by atoms with Crippen LogP contribution in [0.3, 0.4) is 0 Å². The van der Waals surface area contributed by atoms with Gasteiger partial charge in [0, 0.05) is 14.1 Å². The Morgan fingerprint density at radius 3 is 2.84 bits per heavy atom. The number of nitro groups is 1. The summed E-state index contributed by atoms with van der Waals surface area (Å²) in [5, 5.41) is 14.9. The van der Waals surface area contributed by atoms with Crippen molar-refractivity contribution in [1.29, 1.82) is 0 Å². The molecule has 0 N–H and O–H groups in total. The molecule has 8 nitrogen and oxygen atoms in total. The topological polar surface area (TPSA) is 90.0 Å². The molecule has 0 aliphatic heterocycles. The molecule has 2 aromatic heterocycles. The van der Waals surface area contributed by atoms with E-state index in [1.807, 2.05) is 14.1 Å². The van der Waals surface area contributed by atoms with Gasteiger partial charge in [0.15, 0.2) is 5.82 Å². The number of hydrogen-bond acceptors (Lipinski definition) is 6. The number of pyridine rings is 1. The zero-order valence-electron chi connectivity index (χ0n) is 10.5. The van der Waals surface area contributed by atoms with Gasteiger partial charge in [-0.2, -0.15) is 5.10 Å². The van der Waals surface area contributed by atoms with Crippen LogP contribution in [0.25, 0.3) is 11.9 Å². The average molecular weight is 260 g/mol. The third-order valence-electron chi connectivity index (χ3n) is 2.30. The lowest BCUT2D eigenvalue weighted by Crippen LogP contribution is -2.03. The second-order valence-electron chi connectivity index (χ2n) is 3.98. The minimum absolute atomic E-state index is 0.0537. The third-order valence-corrected chi connectivity index (χ3v) is 2.30. The van der Waals surface area contributed by atoms with Gasteiger partial charge in [-0.15, -0.1) is 0 Å². The van der Waals surface area contributed by atoms with Gasteiger partial charge in [0.1, 0.15) is 18.9 Å². The fourth-order valence-electron chi connectivity index (χ4n) is 1.42. The van der Waals surface area contributed by atoms with E-state index in [0.717, 1.165) is 0 Å². The number of hydrogen-bond donors (Lipinski definition) is 0. The van der Waals surface area contributed by atoms with Crippen molar-refractivity contribution in [2.75, 3.05) is 14.1 Å². The van der Waals surface area contributed by atoms with Crippen LogP contribution in [0.4, 0.5) is 5.69 Å². The fourth-order valence-corrected chi connectivity index (χ4v) is 1.42. The van der Waals surface area contributed by atoms with Crippen molar-refractivity contribution in [1.82, 2.24) is 24.6 Å². The van der Waals surface area contributed by atoms with Crippen molar-refractivity contribution in [2.24, 2.45) is 0 Å². The quantitative estimate of drug-likeness (QED) is 0.604. The molecule has 98 valence electrons. The molecule has 0 radical (unpaired) electrons. The lowest BCUT2D eigenvalue weighted by Gasteiger charge is -2.05. The SMILES string of the molecule is CN(C)C=Cc1cc(-n2cncn2)ncc1[N+](=O)[O-]. The van der Waals surface area contributed by atoms with Crippen molar-refractivity contribution < 1.29 is 4.92 Å². The van der Waals surface area contributed by atoms with Gasteiger partial charge in [0.05, 0.1) is 10.5 Å². The average Bonchev–Trinajstić information content (AvgIpc) is 2.89. The van der Waals surface area contributed by atoms with Crippen LogP contribution in [-0.2, 0) is 0 Å². The van der Waals surface area contributed by atoms with Gasteiger partial charge in [0.25, 0.3) is 5.69 Å². The maximum Gasteiger partial charge on any atom is 0.294 e. The zero-order chi connectivity index (χ0) is 13.8. The maximum atomic E-state index is 10.9. The van der Waals surface area contributed by atoms with E-state index in [-0.39, 0.29) is 5.69 Å². The lowest BCUT2D eigenvalue weighted by molar-refractivity contribution is -0.385. The Morgan fingerprint density at radius 1 is 1.47 bits per heavy atom. The second kappa shape index (κ2) is 5.25. The summed E-state index contributed by atoms with van der Waals surface area (Å²) in [4.78, 5) is 20.1. The van der Waals surface area contributed by atoms with Crippen molar-refractivity contribution in [3.63, 3.8) is 0 Å². The van der Waals surface area contributed by atoms with E-state index in [2.05, 4.69) is 15.1 Å². The summed E-state index contributed by atoms with van der Waals surface area (Å²) in [7, 11) is 3.67. The maximum absolute atomic E-state index is 10.9. The summed E-state index contributed by atoms with van der Waals surface area (Å²) < 4.78 is 1.44. The fraction of sp³-hybridized carbons (Fsp3) is 0.182. The van der Waals surface area contributed by atoms with Crippen LogP contribution in [0, 0.1) is 10.1 Å². The number of aromatic nitrogens is 4. The van der Waals surface area contributed by atoms with E-state index in [1.54, 1.807) is 23.2 Å². The van der Waals surface area contributed by atoms with E-state index >= 15 is 0 Å². The molecular weight excluding hydrogens is 248 g/mol. The summed E-state index contributed by atoms with van der Waals surface area (Å²) >= 11 is 0. The Labute approximate surface area is 109 Å². The minimum atomic E-state index is -0.465. The first kappa shape index (κ1) is 12.7. The molecule has 0 aliphatic carbocycles. The predicted molar refractivity (Wildman–Crippen MR) is 68.5 cm³/mol. The van der Waals surface area contributed by atoms with E-state index in [1.165, 1.54) is 23.5 Å². The molecule has 0 saturated carbocycles. The highest BCUT2D eigenvalue weighted by molar-refractivity contribution is 5.61. The van der Waals surface area contributed by atoms with Crippen LogP contribution in [0.1, 0.15) is 5.56 Å². The first-order valence-corrected chi connectivity index (χ1v) is 5.42. The zero-order valence-corrected chi connectivity index (χ0v) is 10.5. The summed E-state index contributed by atoms with van der Waals surface area (Å²) in [6.45, 7) is 0. The third kappa shape index (κ3) is 2.92. The van der Waals surface area contributed by atoms with Crippen LogP contribution in [-0.4, -0.2) is 43.7 Å². The van der Waals surface area contributed by atoms with Crippen molar-refractivity contribution in [3.05, 3.63) is 46.8 Å². The van der Waals surface area contributed by atoms with Gasteiger partial charge in [-0.1, -0.05) is 0 Å². The molecule has 19 heavy (non-hydrogen) atoms. The molecule has 2 rings (SSSR count). The van der Waals surface area contributed by atoms with Crippen molar-refractivity contribution in [3.8, 4) is 5.82 Å². The molecule has 0 aliphatic rings. The molecule has 0 atom stereocenters. The monoisotopic (exact) mass is 260 g/mol. The van der Waals surface area contributed by atoms with Crippen molar-refractivity contribution >= 4 is 11.8 Å². The number of nitrogens with zero attached hydrogens (tertiary/aromatic N) is 6. The molecule has 0 spiro atoms. The van der Waals surface area contributed by atoms with Crippen LogP contribution >= 0.6 is 0 Å². The lowest BCUT2D eigenvalue weighted by atomic mass is 10.2. The Hall–Kier alpha value is -2.77. The van der Waals surface area contributed by atoms with Gasteiger partial charge in [-0.25, -0.2) is 14.6 Å². The van der Waals surface area contributed by atoms with Crippen LogP contribution in [0.2, 0.25) is 0 Å². The van der Waals surface area contributed by atoms with Gasteiger partial charge in [-0.05, 0) is 18.3 Å². The smallest absolute Gasteiger partial charge is 0.294 e. The van der Waals surface area contributed by atoms with Crippen LogP contribution in [0.5, 0.6) is 0 Å². The highest BCUT2D eigenvalue weighted by Crippen LogP contribution is 2.20. The Balaban J connectivity index is 2.47. The molecule has 0 saturated heterocycles. The second-order valence-corrected chi connectivity index (χ2v) is 3.98. The largest absolute Gasteiger partial charge is 0.383 e. The summed E-state index contributed by atoms with van der Waals surface area (Å²) in [5.41, 5.74) is 0.404. The van der Waals surface area contributed by atoms with Crippen LogP contribution < -0.4 is 0 Å². The first-order chi connectivity index (χ1) is 9.08. The standard InChI is InChI=1S/C11H12N6O2/c1-15(2)4-3-9-5-11(16-8-12-7-14-16)13-6-10(9)17(18)19/h3-8H,1-2H3. The molecule has 0 fully saturated rings. The molecule has 0 aromatic carbocycles. The molecule has 0 unspecified atom stereocenters. The Morgan fingerprint density at radius 2 is 2.26 bits per heavy atom. The van der Waals surface area contributed by atoms with Crippen molar-refractivity contribution in [2.45, 2.75) is 0 Å². The number of rotatable bonds is 4. The molecule has 2 aromatic rings. The minimum Gasteiger partial charge on any atom is -0.383 e. The Kier molecular flexibility index (Phi) is 3.51. The summed E-state index contributed by atoms with van der Waals surface area (Å²) in [5.74, 6) is 0.474. The molecular formula is C11H12N6O2. The highest BCUT2D eigenvalue weighted by atomic mass is 16.6. The van der Waals surface area contributed by atoms with E-state index < -0.39 is 4.92 Å². The summed E-state index contributed by atoms with van der Waals surface area (Å²) in [6, 6.07) is 1.59. The van der Waals surface area contributed by atoms with E-state index in [4.69, 9.17) is 0 Å². The normalized spacial score (nSPS) is 10.8. The molecule has 0 amide bonds. The van der Waals surface area contributed by atoms with Gasteiger partial charge >= 0.3 is 0 Å². The Bertz CT molecular complexity index is 606. The van der Waals surface area contributed by atoms with E-state index in [0.29, 0.717) is 11.4 Å². The van der Waals surface area contributed by atoms with E-state index in [9.17, 15) is 10.1 Å². The van der Waals surface area contributed by atoms with Crippen LogP contribution in [0.15, 0.2) is 31.1 Å².